The predicted molar refractivity (Wildman–Crippen MR) is 102 cm³/mol. The highest BCUT2D eigenvalue weighted by Crippen LogP contribution is 2.36. The van der Waals surface area contributed by atoms with Gasteiger partial charge in [0.05, 0.1) is 12.8 Å². The number of nitrogens with one attached hydrogen (secondary N) is 1. The lowest BCUT2D eigenvalue weighted by Gasteiger charge is -2.04. The van der Waals surface area contributed by atoms with E-state index in [0.717, 1.165) is 30.1 Å². The molecule has 146 valence electrons. The number of aromatic carboxylic acids is 1. The summed E-state index contributed by atoms with van der Waals surface area (Å²) in [6.45, 7) is 1.42. The second-order valence-corrected chi connectivity index (χ2v) is 8.32. The minimum Gasteiger partial charge on any atom is -0.477 e. The number of ether oxygens (including phenoxy) is 1. The number of carboxylic acids is 1. The molecule has 8 nitrogen and oxygen atoms in total. The number of anilines is 1. The van der Waals surface area contributed by atoms with Crippen molar-refractivity contribution in [3.63, 3.8) is 0 Å². The molecule has 2 heterocycles. The maximum Gasteiger partial charge on any atom is 0.348 e. The molecule has 0 saturated heterocycles. The van der Waals surface area contributed by atoms with Gasteiger partial charge < -0.3 is 14.3 Å². The lowest BCUT2D eigenvalue weighted by molar-refractivity contribution is 0.0598. The van der Waals surface area contributed by atoms with Crippen LogP contribution in [0.15, 0.2) is 52.0 Å². The van der Waals surface area contributed by atoms with Gasteiger partial charge in [-0.05, 0) is 18.6 Å². The zero-order valence-electron chi connectivity index (χ0n) is 14.8. The van der Waals surface area contributed by atoms with Crippen LogP contribution in [0.2, 0.25) is 0 Å². The van der Waals surface area contributed by atoms with Gasteiger partial charge in [-0.25, -0.2) is 9.59 Å². The first-order valence-electron chi connectivity index (χ1n) is 7.87. The van der Waals surface area contributed by atoms with E-state index in [1.54, 1.807) is 24.3 Å². The minimum absolute atomic E-state index is 0.0309. The van der Waals surface area contributed by atoms with Crippen molar-refractivity contribution in [1.82, 2.24) is 0 Å². The van der Waals surface area contributed by atoms with E-state index in [2.05, 4.69) is 9.46 Å². The van der Waals surface area contributed by atoms with E-state index in [4.69, 9.17) is 4.42 Å². The number of sulfonamides is 1. The number of furan rings is 1. The fourth-order valence-corrected chi connectivity index (χ4v) is 4.55. The molecular formula is C18H15NO7S2. The van der Waals surface area contributed by atoms with E-state index >= 15 is 0 Å². The third-order valence-electron chi connectivity index (χ3n) is 3.79. The smallest absolute Gasteiger partial charge is 0.348 e. The van der Waals surface area contributed by atoms with Crippen molar-refractivity contribution in [2.45, 2.75) is 12.0 Å². The van der Waals surface area contributed by atoms with Crippen LogP contribution >= 0.6 is 11.3 Å². The number of thiophene rings is 1. The van der Waals surface area contributed by atoms with Crippen LogP contribution in [0.1, 0.15) is 25.8 Å². The standard InChI is InChI=1S/C18H15NO7S2/c1-10-12(18(22)25-2)8-15(26-10)28(23,24)19-13-9-14(27-16(13)17(20)21)11-6-4-3-5-7-11/h3-9,19H,1-2H3,(H,20,21). The third-order valence-corrected chi connectivity index (χ3v) is 6.19. The van der Waals surface area contributed by atoms with Crippen molar-refractivity contribution in [3.05, 3.63) is 58.7 Å². The minimum atomic E-state index is -4.26. The van der Waals surface area contributed by atoms with Crippen LogP contribution in [0.5, 0.6) is 0 Å². The molecule has 3 rings (SSSR count). The van der Waals surface area contributed by atoms with E-state index in [9.17, 15) is 23.1 Å². The molecule has 2 aromatic heterocycles. The van der Waals surface area contributed by atoms with Gasteiger partial charge in [-0.3, -0.25) is 4.72 Å². The Morgan fingerprint density at radius 3 is 2.46 bits per heavy atom. The first kappa shape index (κ1) is 19.6. The number of esters is 1. The molecule has 28 heavy (non-hydrogen) atoms. The summed E-state index contributed by atoms with van der Waals surface area (Å²) in [4.78, 5) is 23.6. The molecular weight excluding hydrogens is 406 g/mol. The quantitative estimate of drug-likeness (QED) is 0.583. The zero-order valence-corrected chi connectivity index (χ0v) is 16.4. The van der Waals surface area contributed by atoms with Gasteiger partial charge in [0.15, 0.2) is 0 Å². The van der Waals surface area contributed by atoms with Gasteiger partial charge in [0, 0.05) is 10.9 Å². The van der Waals surface area contributed by atoms with Gasteiger partial charge >= 0.3 is 11.9 Å². The van der Waals surface area contributed by atoms with Crippen molar-refractivity contribution < 1.29 is 32.3 Å². The number of carboxylic acid groups (broad SMARTS) is 1. The molecule has 0 atom stereocenters. The van der Waals surface area contributed by atoms with E-state index in [-0.39, 0.29) is 21.9 Å². The van der Waals surface area contributed by atoms with E-state index < -0.39 is 27.1 Å². The number of aryl methyl sites for hydroxylation is 1. The molecule has 3 aromatic rings. The molecule has 0 unspecified atom stereocenters. The number of benzene rings is 1. The van der Waals surface area contributed by atoms with Gasteiger partial charge in [-0.2, -0.15) is 8.42 Å². The highest BCUT2D eigenvalue weighted by Gasteiger charge is 2.27. The normalized spacial score (nSPS) is 11.2. The van der Waals surface area contributed by atoms with E-state index in [0.29, 0.717) is 4.88 Å². The summed E-state index contributed by atoms with van der Waals surface area (Å²) < 4.78 is 37.3. The molecule has 0 aliphatic heterocycles. The Hall–Kier alpha value is -3.11. The van der Waals surface area contributed by atoms with Crippen LogP contribution in [0.4, 0.5) is 5.69 Å². The molecule has 1 aromatic carbocycles. The number of carbonyl (C=O) groups is 2. The maximum atomic E-state index is 12.7. The molecule has 0 spiro atoms. The molecule has 0 aliphatic carbocycles. The van der Waals surface area contributed by atoms with E-state index in [1.165, 1.54) is 13.0 Å². The Kier molecular flexibility index (Phi) is 5.25. The lowest BCUT2D eigenvalue weighted by Crippen LogP contribution is -2.13. The van der Waals surface area contributed by atoms with Crippen LogP contribution in [-0.4, -0.2) is 32.6 Å². The average molecular weight is 421 g/mol. The summed E-state index contributed by atoms with van der Waals surface area (Å²) in [5.41, 5.74) is 0.629. The fraction of sp³-hybridized carbons (Fsp3) is 0.111. The van der Waals surface area contributed by atoms with Crippen molar-refractivity contribution in [3.8, 4) is 10.4 Å². The second-order valence-electron chi connectivity index (χ2n) is 5.66. The highest BCUT2D eigenvalue weighted by atomic mass is 32.2. The van der Waals surface area contributed by atoms with Gasteiger partial charge in [0.25, 0.3) is 10.0 Å². The first-order chi connectivity index (χ1) is 13.2. The predicted octanol–water partition coefficient (Wildman–Crippen LogP) is 3.60. The van der Waals surface area contributed by atoms with Gasteiger partial charge in [0.1, 0.15) is 16.2 Å². The average Bonchev–Trinajstić information content (AvgIpc) is 3.26. The fourth-order valence-electron chi connectivity index (χ4n) is 2.47. The Morgan fingerprint density at radius 1 is 1.18 bits per heavy atom. The molecule has 0 radical (unpaired) electrons. The van der Waals surface area contributed by atoms with Crippen molar-refractivity contribution in [2.24, 2.45) is 0 Å². The van der Waals surface area contributed by atoms with Crippen molar-refractivity contribution in [2.75, 3.05) is 11.8 Å². The molecule has 0 aliphatic rings. The number of carbonyl (C=O) groups excluding carboxylic acids is 1. The molecule has 2 N–H and O–H groups in total. The lowest BCUT2D eigenvalue weighted by atomic mass is 10.2. The Bertz CT molecular complexity index is 1140. The molecule has 0 fully saturated rings. The molecule has 0 saturated carbocycles. The SMILES string of the molecule is COC(=O)c1cc(S(=O)(=O)Nc2cc(-c3ccccc3)sc2C(=O)O)oc1C. The van der Waals surface area contributed by atoms with Gasteiger partial charge in [0.2, 0.25) is 5.09 Å². The van der Waals surface area contributed by atoms with Crippen LogP contribution in [0, 0.1) is 6.92 Å². The highest BCUT2D eigenvalue weighted by molar-refractivity contribution is 7.92. The number of methoxy groups -OCH3 is 1. The topological polar surface area (TPSA) is 123 Å². The van der Waals surface area contributed by atoms with Crippen LogP contribution < -0.4 is 4.72 Å². The van der Waals surface area contributed by atoms with Crippen LogP contribution in [0.3, 0.4) is 0 Å². The van der Waals surface area contributed by atoms with E-state index in [1.807, 2.05) is 6.07 Å². The summed E-state index contributed by atoms with van der Waals surface area (Å²) in [6.07, 6.45) is 0. The maximum absolute atomic E-state index is 12.7. The molecule has 0 bridgehead atoms. The Morgan fingerprint density at radius 2 is 1.86 bits per heavy atom. The molecule has 10 heteroatoms. The second kappa shape index (κ2) is 7.49. The Labute approximate surface area is 164 Å². The number of hydrogen-bond acceptors (Lipinski definition) is 7. The summed E-state index contributed by atoms with van der Waals surface area (Å²) in [6, 6.07) is 11.4. The largest absolute Gasteiger partial charge is 0.477 e. The monoisotopic (exact) mass is 421 g/mol. The molecule has 0 amide bonds. The zero-order chi connectivity index (χ0) is 20.5. The summed E-state index contributed by atoms with van der Waals surface area (Å²) in [5, 5.41) is 8.92. The van der Waals surface area contributed by atoms with Crippen LogP contribution in [-0.2, 0) is 14.8 Å². The summed E-state index contributed by atoms with van der Waals surface area (Å²) in [5.74, 6) is -1.94. The van der Waals surface area contributed by atoms with Gasteiger partial charge in [-0.1, -0.05) is 30.3 Å². The Balaban J connectivity index is 1.99. The first-order valence-corrected chi connectivity index (χ1v) is 10.2. The number of hydrogen-bond donors (Lipinski definition) is 2. The third kappa shape index (κ3) is 3.78. The van der Waals surface area contributed by atoms with Crippen molar-refractivity contribution >= 4 is 39.0 Å². The van der Waals surface area contributed by atoms with Gasteiger partial charge in [-0.15, -0.1) is 11.3 Å². The summed E-state index contributed by atoms with van der Waals surface area (Å²) in [7, 11) is -3.10. The number of rotatable bonds is 6. The van der Waals surface area contributed by atoms with Crippen molar-refractivity contribution in [1.29, 1.82) is 0 Å². The van der Waals surface area contributed by atoms with Crippen LogP contribution in [0.25, 0.3) is 10.4 Å². The summed E-state index contributed by atoms with van der Waals surface area (Å²) >= 11 is 0.942.